The Morgan fingerprint density at radius 3 is 1.73 bits per heavy atom. The van der Waals surface area contributed by atoms with E-state index in [1.54, 1.807) is 32.9 Å². The third-order valence-electron chi connectivity index (χ3n) is 1.43. The van der Waals surface area contributed by atoms with Gasteiger partial charge in [-0.3, -0.25) is 0 Å². The molecular weight excluding hydrogens is 196 g/mol. The van der Waals surface area contributed by atoms with E-state index in [4.69, 9.17) is 9.47 Å². The van der Waals surface area contributed by atoms with E-state index in [0.29, 0.717) is 6.42 Å². The van der Waals surface area contributed by atoms with Gasteiger partial charge < -0.3 is 9.47 Å². The van der Waals surface area contributed by atoms with Crippen LogP contribution in [0.5, 0.6) is 0 Å². The monoisotopic (exact) mass is 212 g/mol. The van der Waals surface area contributed by atoms with Crippen molar-refractivity contribution in [3.05, 3.63) is 24.3 Å². The predicted molar refractivity (Wildman–Crippen MR) is 55.9 cm³/mol. The Bertz CT molecular complexity index is 240. The maximum atomic E-state index is 11.0. The molecule has 0 saturated heterocycles. The molecule has 0 aliphatic rings. The molecule has 0 unspecified atom stereocenters. The van der Waals surface area contributed by atoms with Crippen LogP contribution in [0.25, 0.3) is 0 Å². The zero-order chi connectivity index (χ0) is 11.7. The van der Waals surface area contributed by atoms with Gasteiger partial charge in [-0.15, -0.1) is 0 Å². The predicted octanol–water partition coefficient (Wildman–Crippen LogP) is 1.96. The highest BCUT2D eigenvalue weighted by atomic mass is 16.7. The van der Waals surface area contributed by atoms with E-state index in [0.717, 1.165) is 0 Å². The summed E-state index contributed by atoms with van der Waals surface area (Å²) in [6.07, 6.45) is 5.26. The van der Waals surface area contributed by atoms with Crippen LogP contribution in [-0.2, 0) is 19.1 Å². The number of rotatable bonds is 5. The number of ether oxygens (including phenoxy) is 2. The fraction of sp³-hybridized carbons (Fsp3) is 0.455. The van der Waals surface area contributed by atoms with Gasteiger partial charge >= 0.3 is 11.9 Å². The Hall–Kier alpha value is -1.58. The van der Waals surface area contributed by atoms with Crippen LogP contribution in [0, 0.1) is 0 Å². The Morgan fingerprint density at radius 2 is 1.47 bits per heavy atom. The second-order valence-electron chi connectivity index (χ2n) is 2.71. The SMILES string of the molecule is CC=CC(=O)OC(CC)OC(=O)C=CC. The molecular formula is C11H16O4. The molecule has 0 saturated carbocycles. The normalized spacial score (nSPS) is 13.0. The lowest BCUT2D eigenvalue weighted by Gasteiger charge is -2.14. The average Bonchev–Trinajstić information content (AvgIpc) is 2.17. The lowest BCUT2D eigenvalue weighted by atomic mass is 10.4. The summed E-state index contributed by atoms with van der Waals surface area (Å²) in [5.41, 5.74) is 0. The number of carbonyl (C=O) groups excluding carboxylic acids is 2. The third-order valence-corrected chi connectivity index (χ3v) is 1.43. The van der Waals surface area contributed by atoms with Crippen molar-refractivity contribution in [3.63, 3.8) is 0 Å². The van der Waals surface area contributed by atoms with E-state index < -0.39 is 18.2 Å². The maximum Gasteiger partial charge on any atom is 0.333 e. The quantitative estimate of drug-likeness (QED) is 0.397. The standard InChI is InChI=1S/C11H16O4/c1-4-7-9(12)14-11(6-3)15-10(13)8-5-2/h4-5,7-8,11H,6H2,1-3H3. The van der Waals surface area contributed by atoms with E-state index in [9.17, 15) is 9.59 Å². The van der Waals surface area contributed by atoms with Crippen LogP contribution in [0.4, 0.5) is 0 Å². The van der Waals surface area contributed by atoms with Crippen molar-refractivity contribution in [1.82, 2.24) is 0 Å². The smallest absolute Gasteiger partial charge is 0.333 e. The van der Waals surface area contributed by atoms with E-state index in [1.807, 2.05) is 0 Å². The zero-order valence-corrected chi connectivity index (χ0v) is 9.23. The van der Waals surface area contributed by atoms with Gasteiger partial charge in [-0.05, 0) is 13.8 Å². The highest BCUT2D eigenvalue weighted by Crippen LogP contribution is 2.02. The minimum atomic E-state index is -0.822. The number of allylic oxidation sites excluding steroid dienone is 2. The largest absolute Gasteiger partial charge is 0.422 e. The van der Waals surface area contributed by atoms with Crippen LogP contribution in [0.2, 0.25) is 0 Å². The molecule has 0 aromatic rings. The van der Waals surface area contributed by atoms with Crippen LogP contribution < -0.4 is 0 Å². The molecule has 0 amide bonds. The van der Waals surface area contributed by atoms with Crippen LogP contribution in [0.15, 0.2) is 24.3 Å². The summed E-state index contributed by atoms with van der Waals surface area (Å²) >= 11 is 0. The maximum absolute atomic E-state index is 11.0. The Balaban J connectivity index is 4.14. The number of hydrogen-bond acceptors (Lipinski definition) is 4. The summed E-state index contributed by atoms with van der Waals surface area (Å²) in [4.78, 5) is 22.1. The highest BCUT2D eigenvalue weighted by Gasteiger charge is 2.13. The Morgan fingerprint density at radius 1 is 1.07 bits per heavy atom. The summed E-state index contributed by atoms with van der Waals surface area (Å²) in [7, 11) is 0. The molecule has 0 aromatic carbocycles. The van der Waals surface area contributed by atoms with E-state index in [1.165, 1.54) is 12.2 Å². The molecule has 4 nitrogen and oxygen atoms in total. The first-order valence-electron chi connectivity index (χ1n) is 4.80. The summed E-state index contributed by atoms with van der Waals surface area (Å²) in [5, 5.41) is 0. The van der Waals surface area contributed by atoms with Gasteiger partial charge in [0.15, 0.2) is 0 Å². The minimum Gasteiger partial charge on any atom is -0.422 e. The first-order chi connectivity index (χ1) is 7.13. The molecule has 15 heavy (non-hydrogen) atoms. The minimum absolute atomic E-state index is 0.423. The molecule has 84 valence electrons. The van der Waals surface area contributed by atoms with Crippen molar-refractivity contribution in [2.75, 3.05) is 0 Å². The summed E-state index contributed by atoms with van der Waals surface area (Å²) in [6.45, 7) is 5.17. The van der Waals surface area contributed by atoms with Gasteiger partial charge in [-0.1, -0.05) is 19.1 Å². The van der Waals surface area contributed by atoms with Gasteiger partial charge in [0.2, 0.25) is 6.29 Å². The molecule has 4 heteroatoms. The van der Waals surface area contributed by atoms with Crippen LogP contribution in [0.3, 0.4) is 0 Å². The van der Waals surface area contributed by atoms with Gasteiger partial charge in [0.25, 0.3) is 0 Å². The molecule has 0 bridgehead atoms. The lowest BCUT2D eigenvalue weighted by molar-refractivity contribution is -0.181. The van der Waals surface area contributed by atoms with Crippen molar-refractivity contribution in [2.24, 2.45) is 0 Å². The van der Waals surface area contributed by atoms with E-state index in [-0.39, 0.29) is 0 Å². The van der Waals surface area contributed by atoms with Gasteiger partial charge in [0.1, 0.15) is 0 Å². The first-order valence-corrected chi connectivity index (χ1v) is 4.80. The van der Waals surface area contributed by atoms with Crippen molar-refractivity contribution < 1.29 is 19.1 Å². The van der Waals surface area contributed by atoms with Crippen LogP contribution >= 0.6 is 0 Å². The molecule has 0 aliphatic heterocycles. The van der Waals surface area contributed by atoms with Crippen LogP contribution in [-0.4, -0.2) is 18.2 Å². The third kappa shape index (κ3) is 6.49. The molecule has 0 fully saturated rings. The fourth-order valence-corrected chi connectivity index (χ4v) is 0.801. The van der Waals surface area contributed by atoms with Crippen molar-refractivity contribution in [3.8, 4) is 0 Å². The second-order valence-corrected chi connectivity index (χ2v) is 2.71. The molecule has 0 spiro atoms. The first kappa shape index (κ1) is 13.4. The molecule has 0 rings (SSSR count). The second kappa shape index (κ2) is 7.79. The zero-order valence-electron chi connectivity index (χ0n) is 9.23. The molecule has 0 radical (unpaired) electrons. The van der Waals surface area contributed by atoms with Crippen LogP contribution in [0.1, 0.15) is 27.2 Å². The fourth-order valence-electron chi connectivity index (χ4n) is 0.801. The molecule has 0 N–H and O–H groups in total. The Labute approximate surface area is 89.6 Å². The van der Waals surface area contributed by atoms with Gasteiger partial charge in [0.05, 0.1) is 0 Å². The number of hydrogen-bond donors (Lipinski definition) is 0. The average molecular weight is 212 g/mol. The van der Waals surface area contributed by atoms with E-state index in [2.05, 4.69) is 0 Å². The number of esters is 2. The number of carbonyl (C=O) groups is 2. The van der Waals surface area contributed by atoms with Gasteiger partial charge in [0, 0.05) is 18.6 Å². The summed E-state index contributed by atoms with van der Waals surface area (Å²) < 4.78 is 9.71. The van der Waals surface area contributed by atoms with Crippen molar-refractivity contribution in [1.29, 1.82) is 0 Å². The molecule has 0 aliphatic carbocycles. The topological polar surface area (TPSA) is 52.6 Å². The van der Waals surface area contributed by atoms with E-state index >= 15 is 0 Å². The molecule has 0 aromatic heterocycles. The Kier molecular flexibility index (Phi) is 6.97. The van der Waals surface area contributed by atoms with Crippen molar-refractivity contribution >= 4 is 11.9 Å². The highest BCUT2D eigenvalue weighted by molar-refractivity contribution is 5.83. The van der Waals surface area contributed by atoms with Gasteiger partial charge in [-0.2, -0.15) is 0 Å². The van der Waals surface area contributed by atoms with Gasteiger partial charge in [-0.25, -0.2) is 9.59 Å². The molecule has 0 atom stereocenters. The summed E-state index contributed by atoms with van der Waals surface area (Å²) in [5.74, 6) is -1.03. The lowest BCUT2D eigenvalue weighted by Crippen LogP contribution is -2.22. The summed E-state index contributed by atoms with van der Waals surface area (Å²) in [6, 6.07) is 0. The van der Waals surface area contributed by atoms with Crippen molar-refractivity contribution in [2.45, 2.75) is 33.5 Å². The molecule has 0 heterocycles.